The third kappa shape index (κ3) is 4.13. The molecule has 2 rings (SSSR count). The summed E-state index contributed by atoms with van der Waals surface area (Å²) in [6.07, 6.45) is 3.92. The van der Waals surface area contributed by atoms with E-state index in [0.29, 0.717) is 6.04 Å². The van der Waals surface area contributed by atoms with E-state index in [4.69, 9.17) is 4.74 Å². The Hall–Kier alpha value is -1.22. The molecule has 1 fully saturated rings. The van der Waals surface area contributed by atoms with Gasteiger partial charge in [0.2, 0.25) is 0 Å². The van der Waals surface area contributed by atoms with Crippen LogP contribution >= 0.6 is 0 Å². The molecule has 3 heteroatoms. The zero-order valence-corrected chi connectivity index (χ0v) is 14.0. The lowest BCUT2D eigenvalue weighted by molar-refractivity contribution is 0.401. The van der Waals surface area contributed by atoms with Crippen molar-refractivity contribution in [3.63, 3.8) is 0 Å². The quantitative estimate of drug-likeness (QED) is 0.744. The van der Waals surface area contributed by atoms with Crippen molar-refractivity contribution in [2.45, 2.75) is 46.1 Å². The maximum Gasteiger partial charge on any atom is 0.125 e. The topological polar surface area (TPSA) is 24.5 Å². The van der Waals surface area contributed by atoms with Crippen LogP contribution in [0.25, 0.3) is 0 Å². The van der Waals surface area contributed by atoms with Gasteiger partial charge in [0.25, 0.3) is 0 Å². The fourth-order valence-electron chi connectivity index (χ4n) is 2.89. The second-order valence-corrected chi connectivity index (χ2v) is 6.05. The molecular weight excluding hydrogens is 260 g/mol. The van der Waals surface area contributed by atoms with Crippen molar-refractivity contribution in [2.75, 3.05) is 31.6 Å². The molecule has 1 aliphatic rings. The Balaban J connectivity index is 2.28. The number of hydrogen-bond acceptors (Lipinski definition) is 3. The van der Waals surface area contributed by atoms with Crippen LogP contribution < -0.4 is 15.0 Å². The lowest BCUT2D eigenvalue weighted by atomic mass is 10.0. The molecule has 0 heterocycles. The van der Waals surface area contributed by atoms with Gasteiger partial charge in [0, 0.05) is 30.4 Å². The smallest absolute Gasteiger partial charge is 0.125 e. The van der Waals surface area contributed by atoms with E-state index in [0.717, 1.165) is 31.2 Å². The van der Waals surface area contributed by atoms with Crippen LogP contribution in [0.1, 0.15) is 51.6 Å². The highest BCUT2D eigenvalue weighted by molar-refractivity contribution is 5.61. The van der Waals surface area contributed by atoms with Gasteiger partial charge in [-0.15, -0.1) is 0 Å². The van der Waals surface area contributed by atoms with Gasteiger partial charge in [-0.05, 0) is 57.7 Å². The molecule has 1 aliphatic carbocycles. The molecule has 0 amide bonds. The largest absolute Gasteiger partial charge is 0.496 e. The summed E-state index contributed by atoms with van der Waals surface area (Å²) in [5.74, 6) is 1.89. The van der Waals surface area contributed by atoms with E-state index in [1.54, 1.807) is 7.11 Å². The molecule has 0 aliphatic heterocycles. The van der Waals surface area contributed by atoms with E-state index in [2.05, 4.69) is 49.2 Å². The summed E-state index contributed by atoms with van der Waals surface area (Å²) in [4.78, 5) is 2.51. The summed E-state index contributed by atoms with van der Waals surface area (Å²) in [7, 11) is 1.77. The maximum absolute atomic E-state index is 5.64. The van der Waals surface area contributed by atoms with Crippen molar-refractivity contribution >= 4 is 5.69 Å². The molecule has 0 aromatic heterocycles. The highest BCUT2D eigenvalue weighted by Crippen LogP contribution is 2.37. The van der Waals surface area contributed by atoms with E-state index in [-0.39, 0.29) is 0 Å². The van der Waals surface area contributed by atoms with Crippen LogP contribution in [0.2, 0.25) is 0 Å². The minimum absolute atomic E-state index is 0.310. The van der Waals surface area contributed by atoms with E-state index in [1.807, 2.05) is 0 Å². The average Bonchev–Trinajstić information content (AvgIpc) is 3.33. The van der Waals surface area contributed by atoms with Crippen molar-refractivity contribution in [1.29, 1.82) is 0 Å². The Bertz CT molecular complexity index is 443. The standard InChI is InChI=1S/C18H30N2O/c1-5-12-19-14(3)18-16(8-7-9-17(18)21-4)20(6-2)13-15-10-11-15/h7-9,14-15,19H,5-6,10-13H2,1-4H3. The maximum atomic E-state index is 5.64. The Kier molecular flexibility index (Phi) is 5.92. The van der Waals surface area contributed by atoms with Crippen LogP contribution in [-0.2, 0) is 0 Å². The lowest BCUT2D eigenvalue weighted by Crippen LogP contribution is -2.29. The van der Waals surface area contributed by atoms with E-state index in [9.17, 15) is 0 Å². The number of rotatable bonds is 9. The van der Waals surface area contributed by atoms with Gasteiger partial charge in [-0.2, -0.15) is 0 Å². The molecule has 21 heavy (non-hydrogen) atoms. The van der Waals surface area contributed by atoms with Gasteiger partial charge >= 0.3 is 0 Å². The van der Waals surface area contributed by atoms with Crippen LogP contribution in [0.5, 0.6) is 5.75 Å². The third-order valence-corrected chi connectivity index (χ3v) is 4.29. The molecule has 1 saturated carbocycles. The molecule has 0 saturated heterocycles. The van der Waals surface area contributed by atoms with Crippen molar-refractivity contribution < 1.29 is 4.74 Å². The van der Waals surface area contributed by atoms with Crippen molar-refractivity contribution in [3.8, 4) is 5.75 Å². The number of ether oxygens (including phenoxy) is 1. The Labute approximate surface area is 129 Å². The normalized spacial score (nSPS) is 15.8. The van der Waals surface area contributed by atoms with Crippen molar-refractivity contribution in [1.82, 2.24) is 5.32 Å². The Morgan fingerprint density at radius 2 is 2.10 bits per heavy atom. The summed E-state index contributed by atoms with van der Waals surface area (Å²) >= 11 is 0. The van der Waals surface area contributed by atoms with Gasteiger partial charge in [-0.25, -0.2) is 0 Å². The fourth-order valence-corrected chi connectivity index (χ4v) is 2.89. The second-order valence-electron chi connectivity index (χ2n) is 6.05. The zero-order valence-electron chi connectivity index (χ0n) is 14.0. The van der Waals surface area contributed by atoms with Crippen LogP contribution in [0, 0.1) is 5.92 Å². The Morgan fingerprint density at radius 1 is 1.33 bits per heavy atom. The second kappa shape index (κ2) is 7.69. The summed E-state index contributed by atoms with van der Waals surface area (Å²) in [5.41, 5.74) is 2.64. The summed E-state index contributed by atoms with van der Waals surface area (Å²) in [6.45, 7) is 9.95. The first kappa shape index (κ1) is 16.2. The van der Waals surface area contributed by atoms with Gasteiger partial charge in [0.1, 0.15) is 5.75 Å². The molecule has 1 N–H and O–H groups in total. The molecule has 1 aromatic rings. The number of anilines is 1. The lowest BCUT2D eigenvalue weighted by Gasteiger charge is -2.29. The van der Waals surface area contributed by atoms with Crippen LogP contribution in [0.3, 0.4) is 0 Å². The predicted molar refractivity (Wildman–Crippen MR) is 90.3 cm³/mol. The van der Waals surface area contributed by atoms with E-state index in [1.165, 1.54) is 30.6 Å². The molecular formula is C18H30N2O. The first-order valence-corrected chi connectivity index (χ1v) is 8.36. The van der Waals surface area contributed by atoms with Crippen LogP contribution in [-0.4, -0.2) is 26.7 Å². The number of nitrogens with one attached hydrogen (secondary N) is 1. The zero-order chi connectivity index (χ0) is 15.2. The molecule has 0 bridgehead atoms. The average molecular weight is 290 g/mol. The van der Waals surface area contributed by atoms with Crippen molar-refractivity contribution in [2.24, 2.45) is 5.92 Å². The molecule has 0 radical (unpaired) electrons. The molecule has 118 valence electrons. The number of nitrogens with zero attached hydrogens (tertiary/aromatic N) is 1. The SMILES string of the molecule is CCCNC(C)c1c(OC)cccc1N(CC)CC1CC1. The number of benzene rings is 1. The predicted octanol–water partition coefficient (Wildman–Crippen LogP) is 3.99. The van der Waals surface area contributed by atoms with Gasteiger partial charge < -0.3 is 15.0 Å². The van der Waals surface area contributed by atoms with Gasteiger partial charge in [-0.1, -0.05) is 13.0 Å². The highest BCUT2D eigenvalue weighted by Gasteiger charge is 2.26. The number of methoxy groups -OCH3 is 1. The van der Waals surface area contributed by atoms with E-state index < -0.39 is 0 Å². The number of hydrogen-bond donors (Lipinski definition) is 1. The van der Waals surface area contributed by atoms with Gasteiger partial charge in [-0.3, -0.25) is 0 Å². The highest BCUT2D eigenvalue weighted by atomic mass is 16.5. The molecule has 0 spiro atoms. The van der Waals surface area contributed by atoms with Crippen LogP contribution in [0.4, 0.5) is 5.69 Å². The molecule has 3 nitrogen and oxygen atoms in total. The van der Waals surface area contributed by atoms with Gasteiger partial charge in [0.05, 0.1) is 7.11 Å². The van der Waals surface area contributed by atoms with Gasteiger partial charge in [0.15, 0.2) is 0 Å². The summed E-state index contributed by atoms with van der Waals surface area (Å²) in [5, 5.41) is 3.60. The first-order valence-electron chi connectivity index (χ1n) is 8.36. The van der Waals surface area contributed by atoms with Crippen molar-refractivity contribution in [3.05, 3.63) is 23.8 Å². The third-order valence-electron chi connectivity index (χ3n) is 4.29. The summed E-state index contributed by atoms with van der Waals surface area (Å²) < 4.78 is 5.64. The minimum atomic E-state index is 0.310. The van der Waals surface area contributed by atoms with Crippen LogP contribution in [0.15, 0.2) is 18.2 Å². The molecule has 1 aromatic carbocycles. The first-order chi connectivity index (χ1) is 10.2. The Morgan fingerprint density at radius 3 is 2.67 bits per heavy atom. The monoisotopic (exact) mass is 290 g/mol. The molecule has 1 unspecified atom stereocenters. The fraction of sp³-hybridized carbons (Fsp3) is 0.667. The molecule has 1 atom stereocenters. The van der Waals surface area contributed by atoms with E-state index >= 15 is 0 Å². The summed E-state index contributed by atoms with van der Waals surface area (Å²) in [6, 6.07) is 6.74. The minimum Gasteiger partial charge on any atom is -0.496 e.